The second kappa shape index (κ2) is 9.64. The molecule has 0 fully saturated rings. The Bertz CT molecular complexity index is 904. The number of benzene rings is 2. The summed E-state index contributed by atoms with van der Waals surface area (Å²) in [5.41, 5.74) is 4.19. The van der Waals surface area contributed by atoms with E-state index < -0.39 is 0 Å². The molecule has 132 valence electrons. The fraction of sp³-hybridized carbons (Fsp3) is 0.111. The molecule has 0 spiro atoms. The minimum atomic E-state index is 0. The standard InChI is InChI=1S/2C9H8N2OS.Zn/c2*1-6-2-4-7(5-3-6)8-10-11-9(13)12-8;/h2*2-5H,1H3,(H,11,13);/q;;+2/p-2. The molecule has 27 heavy (non-hydrogen) atoms. The van der Waals surface area contributed by atoms with Crippen molar-refractivity contribution in [3.05, 3.63) is 59.7 Å². The number of aromatic nitrogens is 4. The van der Waals surface area contributed by atoms with Crippen molar-refractivity contribution < 1.29 is 28.3 Å². The maximum Gasteiger partial charge on any atom is 2.00 e. The summed E-state index contributed by atoms with van der Waals surface area (Å²) in [6.07, 6.45) is 0. The third-order valence-corrected chi connectivity index (χ3v) is 3.74. The maximum atomic E-state index is 5.10. The van der Waals surface area contributed by atoms with E-state index >= 15 is 0 Å². The zero-order valence-electron chi connectivity index (χ0n) is 14.7. The maximum absolute atomic E-state index is 5.10. The summed E-state index contributed by atoms with van der Waals surface area (Å²) in [7, 11) is 0. The van der Waals surface area contributed by atoms with Crippen LogP contribution in [0.1, 0.15) is 11.1 Å². The molecule has 4 rings (SSSR count). The van der Waals surface area contributed by atoms with E-state index in [1.54, 1.807) is 0 Å². The molecule has 6 nitrogen and oxygen atoms in total. The minimum Gasteiger partial charge on any atom is -0.719 e. The number of nitrogens with zero attached hydrogens (tertiary/aromatic N) is 4. The van der Waals surface area contributed by atoms with Crippen LogP contribution in [-0.4, -0.2) is 20.4 Å². The molecule has 0 amide bonds. The molecule has 2 aromatic carbocycles. The van der Waals surface area contributed by atoms with Crippen LogP contribution in [0.4, 0.5) is 0 Å². The average Bonchev–Trinajstić information content (AvgIpc) is 3.25. The van der Waals surface area contributed by atoms with Gasteiger partial charge in [0.05, 0.1) is 10.4 Å². The van der Waals surface area contributed by atoms with Gasteiger partial charge in [-0.2, -0.15) is 0 Å². The Hall–Kier alpha value is -2.22. The SMILES string of the molecule is Cc1ccc(-c2nnc([S-])o2)cc1.Cc1ccc(-c2nnc([S-])o2)cc1.[Zn+2]. The van der Waals surface area contributed by atoms with Gasteiger partial charge in [0.2, 0.25) is 11.8 Å². The molecule has 0 saturated carbocycles. The Kier molecular flexibility index (Phi) is 7.53. The number of rotatable bonds is 2. The van der Waals surface area contributed by atoms with E-state index in [1.165, 1.54) is 11.1 Å². The Balaban J connectivity index is 0.000000187. The van der Waals surface area contributed by atoms with Crippen molar-refractivity contribution in [1.29, 1.82) is 0 Å². The van der Waals surface area contributed by atoms with Crippen LogP contribution in [0, 0.1) is 13.8 Å². The summed E-state index contributed by atoms with van der Waals surface area (Å²) in [4.78, 5) is 0. The zero-order valence-corrected chi connectivity index (χ0v) is 19.3. The number of hydrogen-bond donors (Lipinski definition) is 0. The monoisotopic (exact) mass is 446 g/mol. The summed E-state index contributed by atoms with van der Waals surface area (Å²) in [6.45, 7) is 4.05. The van der Waals surface area contributed by atoms with E-state index in [1.807, 2.05) is 62.4 Å². The van der Waals surface area contributed by atoms with Gasteiger partial charge in [0, 0.05) is 11.1 Å². The van der Waals surface area contributed by atoms with Crippen molar-refractivity contribution in [3.63, 3.8) is 0 Å². The molecule has 0 aliphatic rings. The van der Waals surface area contributed by atoms with Gasteiger partial charge in [-0.15, -0.1) is 20.4 Å². The molecule has 4 aromatic rings. The molecule has 2 heterocycles. The van der Waals surface area contributed by atoms with E-state index in [0.717, 1.165) is 11.1 Å². The van der Waals surface area contributed by atoms with E-state index in [4.69, 9.17) is 34.1 Å². The molecule has 0 aliphatic heterocycles. The molecule has 9 heteroatoms. The van der Waals surface area contributed by atoms with Gasteiger partial charge in [0.1, 0.15) is 0 Å². The number of aryl methyl sites for hydroxylation is 2. The van der Waals surface area contributed by atoms with E-state index in [2.05, 4.69) is 20.4 Å². The Morgan fingerprint density at radius 1 is 0.593 bits per heavy atom. The van der Waals surface area contributed by atoms with Crippen molar-refractivity contribution >= 4 is 25.3 Å². The molecule has 0 radical (unpaired) electrons. The predicted molar refractivity (Wildman–Crippen MR) is 100 cm³/mol. The van der Waals surface area contributed by atoms with Crippen LogP contribution in [0.5, 0.6) is 0 Å². The summed E-state index contributed by atoms with van der Waals surface area (Å²) >= 11 is 9.44. The molecule has 0 unspecified atom stereocenters. The van der Waals surface area contributed by atoms with Gasteiger partial charge in [-0.3, -0.25) is 0 Å². The molecular formula is C18H14N4O2S2Zn. The van der Waals surface area contributed by atoms with Crippen LogP contribution in [-0.2, 0) is 44.7 Å². The van der Waals surface area contributed by atoms with Gasteiger partial charge in [0.15, 0.2) is 0 Å². The van der Waals surface area contributed by atoms with E-state index in [0.29, 0.717) is 11.8 Å². The third-order valence-electron chi connectivity index (χ3n) is 3.41. The Labute approximate surface area is 180 Å². The second-order valence-electron chi connectivity index (χ2n) is 5.48. The molecule has 0 saturated heterocycles. The van der Waals surface area contributed by atoms with Crippen LogP contribution in [0.2, 0.25) is 0 Å². The fourth-order valence-electron chi connectivity index (χ4n) is 2.05. The molecule has 2 aromatic heterocycles. The average molecular weight is 448 g/mol. The molecule has 0 atom stereocenters. The van der Waals surface area contributed by atoms with Gasteiger partial charge in [0.25, 0.3) is 0 Å². The first-order chi connectivity index (χ1) is 12.5. The van der Waals surface area contributed by atoms with Crippen LogP contribution in [0.15, 0.2) is 67.8 Å². The van der Waals surface area contributed by atoms with Crippen LogP contribution >= 0.6 is 0 Å². The van der Waals surface area contributed by atoms with Crippen molar-refractivity contribution in [3.8, 4) is 22.9 Å². The van der Waals surface area contributed by atoms with Crippen LogP contribution in [0.25, 0.3) is 22.9 Å². The summed E-state index contributed by atoms with van der Waals surface area (Å²) < 4.78 is 10.2. The first kappa shape index (κ1) is 21.1. The topological polar surface area (TPSA) is 77.8 Å². The van der Waals surface area contributed by atoms with E-state index in [9.17, 15) is 0 Å². The zero-order chi connectivity index (χ0) is 18.5. The smallest absolute Gasteiger partial charge is 0.719 e. The quantitative estimate of drug-likeness (QED) is 0.338. The van der Waals surface area contributed by atoms with Crippen molar-refractivity contribution in [2.45, 2.75) is 24.3 Å². The van der Waals surface area contributed by atoms with Gasteiger partial charge in [-0.1, -0.05) is 35.4 Å². The first-order valence-electron chi connectivity index (χ1n) is 7.66. The minimum absolute atomic E-state index is 0. The summed E-state index contributed by atoms with van der Waals surface area (Å²) in [6, 6.07) is 15.7. The first-order valence-corrected chi connectivity index (χ1v) is 8.48. The normalized spacial score (nSPS) is 9.85. The molecule has 0 bridgehead atoms. The molecular weight excluding hydrogens is 434 g/mol. The third kappa shape index (κ3) is 5.89. The van der Waals surface area contributed by atoms with Gasteiger partial charge >= 0.3 is 19.5 Å². The van der Waals surface area contributed by atoms with Gasteiger partial charge < -0.3 is 34.1 Å². The van der Waals surface area contributed by atoms with Gasteiger partial charge in [-0.05, 0) is 38.1 Å². The second-order valence-corrected chi connectivity index (χ2v) is 6.18. The number of hydrogen-bond acceptors (Lipinski definition) is 8. The summed E-state index contributed by atoms with van der Waals surface area (Å²) in [5.74, 6) is 0.954. The molecule has 0 aliphatic carbocycles. The Morgan fingerprint density at radius 2 is 0.926 bits per heavy atom. The van der Waals surface area contributed by atoms with Crippen LogP contribution in [0.3, 0.4) is 0 Å². The largest absolute Gasteiger partial charge is 2.00 e. The Morgan fingerprint density at radius 3 is 1.19 bits per heavy atom. The summed E-state index contributed by atoms with van der Waals surface area (Å²) in [5, 5.41) is 15.2. The van der Waals surface area contributed by atoms with E-state index in [-0.39, 0.29) is 29.9 Å². The predicted octanol–water partition coefficient (Wildman–Crippen LogP) is 3.90. The van der Waals surface area contributed by atoms with Crippen molar-refractivity contribution in [2.24, 2.45) is 0 Å². The fourth-order valence-corrected chi connectivity index (χ4v) is 2.28. The van der Waals surface area contributed by atoms with Crippen LogP contribution < -0.4 is 0 Å². The van der Waals surface area contributed by atoms with Crippen molar-refractivity contribution in [2.75, 3.05) is 0 Å². The molecule has 0 N–H and O–H groups in total. The van der Waals surface area contributed by atoms with Gasteiger partial charge in [-0.25, -0.2) is 0 Å². The van der Waals surface area contributed by atoms with Crippen molar-refractivity contribution in [1.82, 2.24) is 20.4 Å².